The maximum absolute atomic E-state index is 12.0. The van der Waals surface area contributed by atoms with E-state index >= 15 is 0 Å². The van der Waals surface area contributed by atoms with Gasteiger partial charge in [-0.3, -0.25) is 0 Å². The Morgan fingerprint density at radius 2 is 1.61 bits per heavy atom. The monoisotopic (exact) mass is 260 g/mol. The number of hydrogen-bond acceptors (Lipinski definition) is 1. The molecule has 0 bridgehead atoms. The highest BCUT2D eigenvalue weighted by Gasteiger charge is 2.28. The SMILES string of the molecule is CCCC(C)(C)c1ccc(OCC(F)(F)F)cc1. The molecule has 4 heteroatoms. The van der Waals surface area contributed by atoms with Crippen LogP contribution in [-0.2, 0) is 5.41 Å². The lowest BCUT2D eigenvalue weighted by molar-refractivity contribution is -0.153. The molecule has 1 nitrogen and oxygen atoms in total. The Kier molecular flexibility index (Phi) is 4.65. The van der Waals surface area contributed by atoms with Crippen molar-refractivity contribution in [2.75, 3.05) is 6.61 Å². The molecular weight excluding hydrogens is 241 g/mol. The topological polar surface area (TPSA) is 9.23 Å². The highest BCUT2D eigenvalue weighted by atomic mass is 19.4. The number of halogens is 3. The molecule has 102 valence electrons. The first-order valence-corrected chi connectivity index (χ1v) is 6.05. The molecule has 0 spiro atoms. The minimum atomic E-state index is -4.29. The smallest absolute Gasteiger partial charge is 0.422 e. The van der Waals surface area contributed by atoms with Crippen molar-refractivity contribution in [2.24, 2.45) is 0 Å². The lowest BCUT2D eigenvalue weighted by Gasteiger charge is -2.24. The molecule has 0 aliphatic carbocycles. The van der Waals surface area contributed by atoms with Gasteiger partial charge in [0.25, 0.3) is 0 Å². The Morgan fingerprint density at radius 3 is 2.06 bits per heavy atom. The van der Waals surface area contributed by atoms with Crippen LogP contribution in [0.1, 0.15) is 39.2 Å². The van der Waals surface area contributed by atoms with Crippen molar-refractivity contribution in [3.63, 3.8) is 0 Å². The second-order valence-corrected chi connectivity index (χ2v) is 5.06. The van der Waals surface area contributed by atoms with Crippen molar-refractivity contribution >= 4 is 0 Å². The second kappa shape index (κ2) is 5.63. The molecule has 0 N–H and O–H groups in total. The van der Waals surface area contributed by atoms with Crippen LogP contribution in [-0.4, -0.2) is 12.8 Å². The maximum atomic E-state index is 12.0. The lowest BCUT2D eigenvalue weighted by Crippen LogP contribution is -2.19. The number of alkyl halides is 3. The van der Waals surface area contributed by atoms with Gasteiger partial charge in [0.2, 0.25) is 0 Å². The van der Waals surface area contributed by atoms with Gasteiger partial charge in [-0.1, -0.05) is 39.3 Å². The molecule has 1 rings (SSSR count). The third-order valence-corrected chi connectivity index (χ3v) is 2.91. The van der Waals surface area contributed by atoms with Crippen molar-refractivity contribution in [2.45, 2.75) is 45.2 Å². The summed E-state index contributed by atoms with van der Waals surface area (Å²) in [6.45, 7) is 5.12. The van der Waals surface area contributed by atoms with E-state index in [-0.39, 0.29) is 11.2 Å². The molecule has 1 aromatic rings. The van der Waals surface area contributed by atoms with E-state index in [4.69, 9.17) is 0 Å². The quantitative estimate of drug-likeness (QED) is 0.745. The van der Waals surface area contributed by atoms with Gasteiger partial charge in [-0.25, -0.2) is 0 Å². The summed E-state index contributed by atoms with van der Waals surface area (Å²) in [5, 5.41) is 0. The van der Waals surface area contributed by atoms with Crippen LogP contribution in [0.5, 0.6) is 5.75 Å². The van der Waals surface area contributed by atoms with Gasteiger partial charge < -0.3 is 4.74 Å². The van der Waals surface area contributed by atoms with Gasteiger partial charge >= 0.3 is 6.18 Å². The van der Waals surface area contributed by atoms with Crippen molar-refractivity contribution < 1.29 is 17.9 Å². The number of benzene rings is 1. The Balaban J connectivity index is 2.68. The average Bonchev–Trinajstić information content (AvgIpc) is 2.26. The van der Waals surface area contributed by atoms with E-state index in [1.807, 2.05) is 12.1 Å². The summed E-state index contributed by atoms with van der Waals surface area (Å²) in [5.41, 5.74) is 1.15. The Hall–Kier alpha value is -1.19. The van der Waals surface area contributed by atoms with Gasteiger partial charge in [-0.15, -0.1) is 0 Å². The van der Waals surface area contributed by atoms with Crippen LogP contribution in [0.25, 0.3) is 0 Å². The van der Waals surface area contributed by atoms with E-state index in [0.717, 1.165) is 18.4 Å². The molecule has 0 saturated heterocycles. The average molecular weight is 260 g/mol. The maximum Gasteiger partial charge on any atom is 0.422 e. The molecule has 0 unspecified atom stereocenters. The largest absolute Gasteiger partial charge is 0.484 e. The van der Waals surface area contributed by atoms with Crippen molar-refractivity contribution in [1.82, 2.24) is 0 Å². The van der Waals surface area contributed by atoms with Gasteiger partial charge in [0.15, 0.2) is 6.61 Å². The molecule has 0 amide bonds. The predicted octanol–water partition coefficient (Wildman–Crippen LogP) is 4.71. The zero-order valence-electron chi connectivity index (χ0n) is 11.0. The Bertz CT molecular complexity index is 366. The van der Waals surface area contributed by atoms with Crippen LogP contribution in [0.4, 0.5) is 13.2 Å². The van der Waals surface area contributed by atoms with Crippen molar-refractivity contribution in [3.05, 3.63) is 29.8 Å². The molecular formula is C14H19F3O. The highest BCUT2D eigenvalue weighted by molar-refractivity contribution is 5.31. The first-order chi connectivity index (χ1) is 8.24. The van der Waals surface area contributed by atoms with E-state index in [2.05, 4.69) is 25.5 Å². The zero-order chi connectivity index (χ0) is 13.8. The highest BCUT2D eigenvalue weighted by Crippen LogP contribution is 2.29. The summed E-state index contributed by atoms with van der Waals surface area (Å²) < 4.78 is 40.6. The third-order valence-electron chi connectivity index (χ3n) is 2.91. The van der Waals surface area contributed by atoms with E-state index in [1.54, 1.807) is 12.1 Å². The van der Waals surface area contributed by atoms with Crippen molar-refractivity contribution in [3.8, 4) is 5.75 Å². The van der Waals surface area contributed by atoms with Crippen LogP contribution in [0.15, 0.2) is 24.3 Å². The van der Waals surface area contributed by atoms with Crippen LogP contribution in [0.2, 0.25) is 0 Å². The number of hydrogen-bond donors (Lipinski definition) is 0. The summed E-state index contributed by atoms with van der Waals surface area (Å²) in [5.74, 6) is 0.253. The number of ether oxygens (including phenoxy) is 1. The third kappa shape index (κ3) is 4.59. The first kappa shape index (κ1) is 14.9. The molecule has 0 aromatic heterocycles. The fourth-order valence-corrected chi connectivity index (χ4v) is 1.94. The minimum Gasteiger partial charge on any atom is -0.484 e. The molecule has 0 aliphatic rings. The van der Waals surface area contributed by atoms with E-state index in [1.165, 1.54) is 0 Å². The van der Waals surface area contributed by atoms with Crippen LogP contribution < -0.4 is 4.74 Å². The van der Waals surface area contributed by atoms with E-state index in [0.29, 0.717) is 0 Å². The van der Waals surface area contributed by atoms with Gasteiger partial charge in [-0.2, -0.15) is 13.2 Å². The molecule has 0 atom stereocenters. The summed E-state index contributed by atoms with van der Waals surface area (Å²) in [4.78, 5) is 0. The summed E-state index contributed by atoms with van der Waals surface area (Å²) in [7, 11) is 0. The molecule has 18 heavy (non-hydrogen) atoms. The Morgan fingerprint density at radius 1 is 1.06 bits per heavy atom. The number of rotatable bonds is 5. The summed E-state index contributed by atoms with van der Waals surface area (Å²) >= 11 is 0. The Labute approximate surface area is 106 Å². The predicted molar refractivity (Wildman–Crippen MR) is 65.9 cm³/mol. The minimum absolute atomic E-state index is 0.0390. The van der Waals surface area contributed by atoms with E-state index < -0.39 is 12.8 Å². The fraction of sp³-hybridized carbons (Fsp3) is 0.571. The van der Waals surface area contributed by atoms with Crippen molar-refractivity contribution in [1.29, 1.82) is 0 Å². The van der Waals surface area contributed by atoms with Gasteiger partial charge in [-0.05, 0) is 29.5 Å². The standard InChI is InChI=1S/C14H19F3O/c1-4-9-13(2,3)11-5-7-12(8-6-11)18-10-14(15,16)17/h5-8H,4,9-10H2,1-3H3. The molecule has 0 aliphatic heterocycles. The summed E-state index contributed by atoms with van der Waals surface area (Å²) in [6, 6.07) is 6.86. The second-order valence-electron chi connectivity index (χ2n) is 5.06. The van der Waals surface area contributed by atoms with Crippen LogP contribution in [0, 0.1) is 0 Å². The summed E-state index contributed by atoms with van der Waals surface area (Å²) in [6.07, 6.45) is -2.19. The van der Waals surface area contributed by atoms with E-state index in [9.17, 15) is 13.2 Å². The van der Waals surface area contributed by atoms with Gasteiger partial charge in [0.05, 0.1) is 0 Å². The van der Waals surface area contributed by atoms with Crippen LogP contribution in [0.3, 0.4) is 0 Å². The molecule has 0 heterocycles. The normalized spacial score (nSPS) is 12.6. The first-order valence-electron chi connectivity index (χ1n) is 6.05. The molecule has 0 radical (unpaired) electrons. The molecule has 0 saturated carbocycles. The molecule has 0 fully saturated rings. The zero-order valence-corrected chi connectivity index (χ0v) is 11.0. The van der Waals surface area contributed by atoms with Gasteiger partial charge in [0.1, 0.15) is 5.75 Å². The van der Waals surface area contributed by atoms with Gasteiger partial charge in [0, 0.05) is 0 Å². The fourth-order valence-electron chi connectivity index (χ4n) is 1.94. The van der Waals surface area contributed by atoms with Crippen LogP contribution >= 0.6 is 0 Å². The molecule has 1 aromatic carbocycles. The lowest BCUT2D eigenvalue weighted by atomic mass is 9.81.